The number of pyridine rings is 1. The molecule has 0 aliphatic heterocycles. The molecule has 0 bridgehead atoms. The molecule has 15 heavy (non-hydrogen) atoms. The normalized spacial score (nSPS) is 12.7. The molecule has 4 N–H and O–H groups in total. The van der Waals surface area contributed by atoms with Gasteiger partial charge in [-0.05, 0) is 12.1 Å². The lowest BCUT2D eigenvalue weighted by Gasteiger charge is -2.04. The Morgan fingerprint density at radius 2 is 2.53 bits per heavy atom. The van der Waals surface area contributed by atoms with Gasteiger partial charge in [0.1, 0.15) is 6.04 Å². The van der Waals surface area contributed by atoms with Gasteiger partial charge in [0.15, 0.2) is 0 Å². The number of aliphatic hydroxyl groups is 1. The Bertz CT molecular complexity index is 339. The molecular formula is C9H12N4O2. The van der Waals surface area contributed by atoms with Gasteiger partial charge in [0.2, 0.25) is 0 Å². The van der Waals surface area contributed by atoms with Gasteiger partial charge in [-0.3, -0.25) is 9.78 Å². The number of rotatable bonds is 4. The summed E-state index contributed by atoms with van der Waals surface area (Å²) in [6.45, 7) is -0.412. The molecule has 0 aromatic carbocycles. The molecule has 6 nitrogen and oxygen atoms in total. The van der Waals surface area contributed by atoms with E-state index >= 15 is 0 Å². The molecule has 0 radical (unpaired) electrons. The van der Waals surface area contributed by atoms with E-state index in [9.17, 15) is 4.79 Å². The van der Waals surface area contributed by atoms with Crippen molar-refractivity contribution in [3.8, 4) is 0 Å². The summed E-state index contributed by atoms with van der Waals surface area (Å²) in [6.07, 6.45) is 3.00. The Hall–Kier alpha value is -1.79. The topological polar surface area (TPSA) is 101 Å². The number of amides is 1. The van der Waals surface area contributed by atoms with Crippen molar-refractivity contribution in [1.29, 1.82) is 0 Å². The van der Waals surface area contributed by atoms with Gasteiger partial charge in [-0.1, -0.05) is 6.07 Å². The summed E-state index contributed by atoms with van der Waals surface area (Å²) in [5.74, 6) is -0.537. The van der Waals surface area contributed by atoms with Gasteiger partial charge < -0.3 is 10.8 Å². The van der Waals surface area contributed by atoms with Crippen molar-refractivity contribution in [1.82, 2.24) is 10.4 Å². The SMILES string of the molecule is N[C@@H](CO)C(=O)N/N=C/c1ccccn1. The first kappa shape index (κ1) is 11.3. The van der Waals surface area contributed by atoms with E-state index in [4.69, 9.17) is 10.8 Å². The maximum absolute atomic E-state index is 11.0. The molecule has 0 saturated carbocycles. The third kappa shape index (κ3) is 3.84. The predicted octanol–water partition coefficient (Wildman–Crippen LogP) is -1.15. The molecule has 1 atom stereocenters. The fourth-order valence-corrected chi connectivity index (χ4v) is 0.780. The zero-order chi connectivity index (χ0) is 11.1. The van der Waals surface area contributed by atoms with Gasteiger partial charge in [-0.2, -0.15) is 5.10 Å². The van der Waals surface area contributed by atoms with Crippen LogP contribution in [-0.2, 0) is 4.79 Å². The first-order valence-corrected chi connectivity index (χ1v) is 4.34. The smallest absolute Gasteiger partial charge is 0.259 e. The minimum Gasteiger partial charge on any atom is -0.394 e. The lowest BCUT2D eigenvalue weighted by Crippen LogP contribution is -2.40. The standard InChI is InChI=1S/C9H12N4O2/c10-8(6-14)9(15)13-12-5-7-3-1-2-4-11-7/h1-5,8,14H,6,10H2,(H,13,15)/b12-5+/t8-/m0/s1. The number of nitrogens with one attached hydrogen (secondary N) is 1. The number of carbonyl (C=O) groups is 1. The van der Waals surface area contributed by atoms with Crippen LogP contribution in [0.15, 0.2) is 29.5 Å². The van der Waals surface area contributed by atoms with E-state index in [2.05, 4.69) is 15.5 Å². The van der Waals surface area contributed by atoms with Crippen LogP contribution in [-0.4, -0.2) is 34.9 Å². The molecule has 0 aliphatic carbocycles. The number of nitrogens with zero attached hydrogens (tertiary/aromatic N) is 2. The van der Waals surface area contributed by atoms with Crippen molar-refractivity contribution in [2.75, 3.05) is 6.61 Å². The maximum atomic E-state index is 11.0. The van der Waals surface area contributed by atoms with Crippen LogP contribution in [0.2, 0.25) is 0 Å². The third-order valence-electron chi connectivity index (χ3n) is 1.59. The molecule has 0 aliphatic rings. The van der Waals surface area contributed by atoms with Crippen molar-refractivity contribution in [2.24, 2.45) is 10.8 Å². The first-order chi connectivity index (χ1) is 7.24. The second-order valence-corrected chi connectivity index (χ2v) is 2.78. The molecule has 80 valence electrons. The largest absolute Gasteiger partial charge is 0.394 e. The average molecular weight is 208 g/mol. The van der Waals surface area contributed by atoms with Crippen LogP contribution in [0.25, 0.3) is 0 Å². The van der Waals surface area contributed by atoms with Crippen LogP contribution in [0.3, 0.4) is 0 Å². The van der Waals surface area contributed by atoms with E-state index in [1.54, 1.807) is 24.4 Å². The van der Waals surface area contributed by atoms with Crippen molar-refractivity contribution in [3.63, 3.8) is 0 Å². The zero-order valence-corrected chi connectivity index (χ0v) is 8.00. The number of aliphatic hydroxyl groups excluding tert-OH is 1. The second kappa shape index (κ2) is 5.84. The highest BCUT2D eigenvalue weighted by Crippen LogP contribution is 1.87. The van der Waals surface area contributed by atoms with Gasteiger partial charge in [0.05, 0.1) is 18.5 Å². The highest BCUT2D eigenvalue weighted by atomic mass is 16.3. The van der Waals surface area contributed by atoms with E-state index in [1.807, 2.05) is 0 Å². The lowest BCUT2D eigenvalue weighted by atomic mass is 10.3. The van der Waals surface area contributed by atoms with Crippen LogP contribution < -0.4 is 11.2 Å². The molecule has 0 unspecified atom stereocenters. The Kier molecular flexibility index (Phi) is 4.39. The van der Waals surface area contributed by atoms with Gasteiger partial charge in [0.25, 0.3) is 5.91 Å². The molecule has 0 fully saturated rings. The van der Waals surface area contributed by atoms with E-state index in [1.165, 1.54) is 6.21 Å². The third-order valence-corrected chi connectivity index (χ3v) is 1.59. The monoisotopic (exact) mass is 208 g/mol. The minimum absolute atomic E-state index is 0.412. The van der Waals surface area contributed by atoms with Gasteiger partial charge in [0, 0.05) is 6.20 Å². The number of hydrogen-bond acceptors (Lipinski definition) is 5. The second-order valence-electron chi connectivity index (χ2n) is 2.78. The first-order valence-electron chi connectivity index (χ1n) is 4.34. The molecule has 0 spiro atoms. The van der Waals surface area contributed by atoms with Crippen LogP contribution in [0.5, 0.6) is 0 Å². The number of hydrazone groups is 1. The summed E-state index contributed by atoms with van der Waals surface area (Å²) < 4.78 is 0. The molecule has 1 aromatic heterocycles. The highest BCUT2D eigenvalue weighted by molar-refractivity contribution is 5.83. The summed E-state index contributed by atoms with van der Waals surface area (Å²) in [4.78, 5) is 15.0. The molecule has 1 rings (SSSR count). The molecule has 6 heteroatoms. The maximum Gasteiger partial charge on any atom is 0.259 e. The van der Waals surface area contributed by atoms with Crippen molar-refractivity contribution in [3.05, 3.63) is 30.1 Å². The van der Waals surface area contributed by atoms with Gasteiger partial charge in [-0.25, -0.2) is 5.43 Å². The molecule has 1 heterocycles. The van der Waals surface area contributed by atoms with Crippen LogP contribution in [0.4, 0.5) is 0 Å². The minimum atomic E-state index is -0.953. The Labute approximate surface area is 86.8 Å². The van der Waals surface area contributed by atoms with Crippen molar-refractivity contribution < 1.29 is 9.90 Å². The summed E-state index contributed by atoms with van der Waals surface area (Å²) in [6, 6.07) is 4.36. The summed E-state index contributed by atoms with van der Waals surface area (Å²) >= 11 is 0. The molecule has 1 aromatic rings. The fourth-order valence-electron chi connectivity index (χ4n) is 0.780. The average Bonchev–Trinajstić information content (AvgIpc) is 2.29. The quantitative estimate of drug-likeness (QED) is 0.429. The van der Waals surface area contributed by atoms with E-state index < -0.39 is 18.6 Å². The fraction of sp³-hybridized carbons (Fsp3) is 0.222. The molecule has 0 saturated heterocycles. The van der Waals surface area contributed by atoms with E-state index in [-0.39, 0.29) is 0 Å². The van der Waals surface area contributed by atoms with Crippen LogP contribution >= 0.6 is 0 Å². The van der Waals surface area contributed by atoms with E-state index in [0.29, 0.717) is 5.69 Å². The van der Waals surface area contributed by atoms with E-state index in [0.717, 1.165) is 0 Å². The van der Waals surface area contributed by atoms with Crippen LogP contribution in [0, 0.1) is 0 Å². The zero-order valence-electron chi connectivity index (χ0n) is 8.00. The lowest BCUT2D eigenvalue weighted by molar-refractivity contribution is -0.123. The summed E-state index contributed by atoms with van der Waals surface area (Å²) in [5, 5.41) is 12.2. The van der Waals surface area contributed by atoms with Crippen molar-refractivity contribution in [2.45, 2.75) is 6.04 Å². The Morgan fingerprint density at radius 1 is 1.73 bits per heavy atom. The van der Waals surface area contributed by atoms with Gasteiger partial charge >= 0.3 is 0 Å². The number of nitrogens with two attached hydrogens (primary N) is 1. The summed E-state index contributed by atoms with van der Waals surface area (Å²) in [7, 11) is 0. The Balaban J connectivity index is 2.44. The number of hydrogen-bond donors (Lipinski definition) is 3. The number of aromatic nitrogens is 1. The van der Waals surface area contributed by atoms with Crippen LogP contribution in [0.1, 0.15) is 5.69 Å². The summed E-state index contributed by atoms with van der Waals surface area (Å²) in [5.41, 5.74) is 8.05. The predicted molar refractivity (Wildman–Crippen MR) is 55.0 cm³/mol. The van der Waals surface area contributed by atoms with Crippen molar-refractivity contribution >= 4 is 12.1 Å². The number of carbonyl (C=O) groups excluding carboxylic acids is 1. The molecule has 1 amide bonds. The Morgan fingerprint density at radius 3 is 3.13 bits per heavy atom. The highest BCUT2D eigenvalue weighted by Gasteiger charge is 2.09. The van der Waals surface area contributed by atoms with Gasteiger partial charge in [-0.15, -0.1) is 0 Å². The molecular weight excluding hydrogens is 196 g/mol.